The van der Waals surface area contributed by atoms with Crippen molar-refractivity contribution in [1.82, 2.24) is 9.97 Å². The van der Waals surface area contributed by atoms with Crippen LogP contribution >= 0.6 is 11.3 Å². The van der Waals surface area contributed by atoms with Crippen LogP contribution in [-0.4, -0.2) is 9.97 Å². The minimum atomic E-state index is 0.710. The molecule has 0 spiro atoms. The Morgan fingerprint density at radius 3 is 2.78 bits per heavy atom. The number of thiazole rings is 1. The van der Waals surface area contributed by atoms with Crippen LogP contribution in [0.2, 0.25) is 0 Å². The lowest BCUT2D eigenvalue weighted by Crippen LogP contribution is -2.01. The lowest BCUT2D eigenvalue weighted by molar-refractivity contribution is 1.01. The molecular weight excluding hydrogens is 242 g/mol. The van der Waals surface area contributed by atoms with Crippen LogP contribution in [0.3, 0.4) is 0 Å². The van der Waals surface area contributed by atoms with Crippen molar-refractivity contribution in [3.63, 3.8) is 0 Å². The Kier molecular flexibility index (Phi) is 2.94. The summed E-state index contributed by atoms with van der Waals surface area (Å²) >= 11 is 1.67. The van der Waals surface area contributed by atoms with Crippen molar-refractivity contribution >= 4 is 26.7 Å². The van der Waals surface area contributed by atoms with Crippen molar-refractivity contribution < 1.29 is 0 Å². The fraction of sp³-hybridized carbons (Fsp3) is 0.143. The summed E-state index contributed by atoms with van der Waals surface area (Å²) in [6.07, 6.45) is 0. The van der Waals surface area contributed by atoms with Crippen LogP contribution in [0, 0.1) is 6.92 Å². The average molecular weight is 255 g/mol. The van der Waals surface area contributed by atoms with Gasteiger partial charge < -0.3 is 5.32 Å². The van der Waals surface area contributed by atoms with Crippen molar-refractivity contribution in [2.45, 2.75) is 13.5 Å². The Bertz CT molecular complexity index is 642. The molecule has 3 aromatic rings. The monoisotopic (exact) mass is 255 g/mol. The number of aryl methyl sites for hydroxylation is 1. The molecule has 0 amide bonds. The van der Waals surface area contributed by atoms with E-state index in [0.29, 0.717) is 6.54 Å². The van der Waals surface area contributed by atoms with Crippen molar-refractivity contribution in [2.24, 2.45) is 0 Å². The molecule has 1 N–H and O–H groups in total. The number of fused-ring (bicyclic) bond motifs is 1. The number of aromatic nitrogens is 2. The van der Waals surface area contributed by atoms with Gasteiger partial charge in [0.1, 0.15) is 0 Å². The van der Waals surface area contributed by atoms with Gasteiger partial charge in [-0.25, -0.2) is 4.98 Å². The predicted octanol–water partition coefficient (Wildman–Crippen LogP) is 3.61. The summed E-state index contributed by atoms with van der Waals surface area (Å²) < 4.78 is 1.21. The molecule has 90 valence electrons. The summed E-state index contributed by atoms with van der Waals surface area (Å²) in [5, 5.41) is 4.27. The first-order chi connectivity index (χ1) is 8.81. The van der Waals surface area contributed by atoms with E-state index in [9.17, 15) is 0 Å². The third-order valence-corrected chi connectivity index (χ3v) is 3.65. The van der Waals surface area contributed by atoms with E-state index in [4.69, 9.17) is 0 Å². The molecule has 3 nitrogen and oxygen atoms in total. The Morgan fingerprint density at radius 2 is 1.94 bits per heavy atom. The highest BCUT2D eigenvalue weighted by molar-refractivity contribution is 7.22. The van der Waals surface area contributed by atoms with Gasteiger partial charge in [0.05, 0.1) is 22.5 Å². The Labute approximate surface area is 110 Å². The normalized spacial score (nSPS) is 10.7. The van der Waals surface area contributed by atoms with Gasteiger partial charge in [0.15, 0.2) is 5.13 Å². The first-order valence-corrected chi connectivity index (χ1v) is 6.65. The van der Waals surface area contributed by atoms with E-state index in [-0.39, 0.29) is 0 Å². The van der Waals surface area contributed by atoms with E-state index in [2.05, 4.69) is 21.4 Å². The van der Waals surface area contributed by atoms with Gasteiger partial charge in [-0.3, -0.25) is 4.98 Å². The van der Waals surface area contributed by atoms with Crippen molar-refractivity contribution in [3.8, 4) is 0 Å². The van der Waals surface area contributed by atoms with E-state index in [0.717, 1.165) is 22.0 Å². The molecule has 2 aromatic heterocycles. The summed E-state index contributed by atoms with van der Waals surface area (Å²) in [5.74, 6) is 0. The standard InChI is InChI=1S/C14H13N3S/c1-10-5-4-6-11(16-10)9-15-14-17-12-7-2-3-8-13(12)18-14/h2-8H,9H2,1H3,(H,15,17). The van der Waals surface area contributed by atoms with Crippen LogP contribution < -0.4 is 5.32 Å². The van der Waals surface area contributed by atoms with E-state index in [1.807, 2.05) is 43.3 Å². The third kappa shape index (κ3) is 2.33. The molecule has 2 heterocycles. The van der Waals surface area contributed by atoms with Gasteiger partial charge in [-0.15, -0.1) is 0 Å². The summed E-state index contributed by atoms with van der Waals surface area (Å²) in [6.45, 7) is 2.71. The first kappa shape index (κ1) is 11.2. The lowest BCUT2D eigenvalue weighted by atomic mass is 10.3. The van der Waals surface area contributed by atoms with Gasteiger partial charge in [0.2, 0.25) is 0 Å². The maximum Gasteiger partial charge on any atom is 0.184 e. The molecule has 0 aliphatic rings. The first-order valence-electron chi connectivity index (χ1n) is 5.83. The van der Waals surface area contributed by atoms with E-state index in [1.165, 1.54) is 4.70 Å². The zero-order valence-corrected chi connectivity index (χ0v) is 10.9. The average Bonchev–Trinajstić information content (AvgIpc) is 2.79. The molecule has 0 bridgehead atoms. The van der Waals surface area contributed by atoms with Crippen LogP contribution in [0.25, 0.3) is 10.2 Å². The predicted molar refractivity (Wildman–Crippen MR) is 75.9 cm³/mol. The number of rotatable bonds is 3. The van der Waals surface area contributed by atoms with Crippen LogP contribution in [0.5, 0.6) is 0 Å². The van der Waals surface area contributed by atoms with Gasteiger partial charge in [0.25, 0.3) is 0 Å². The Hall–Kier alpha value is -1.94. The van der Waals surface area contributed by atoms with E-state index >= 15 is 0 Å². The number of hydrogen-bond acceptors (Lipinski definition) is 4. The maximum atomic E-state index is 4.53. The molecule has 0 radical (unpaired) electrons. The van der Waals surface area contributed by atoms with Crippen LogP contribution in [0.1, 0.15) is 11.4 Å². The van der Waals surface area contributed by atoms with Crippen LogP contribution in [-0.2, 0) is 6.54 Å². The highest BCUT2D eigenvalue weighted by Crippen LogP contribution is 2.25. The van der Waals surface area contributed by atoms with E-state index in [1.54, 1.807) is 11.3 Å². The molecule has 0 atom stereocenters. The Balaban J connectivity index is 1.76. The number of anilines is 1. The number of hydrogen-bond donors (Lipinski definition) is 1. The minimum Gasteiger partial charge on any atom is -0.356 e. The second-order valence-corrected chi connectivity index (χ2v) is 5.14. The quantitative estimate of drug-likeness (QED) is 0.777. The molecule has 0 fully saturated rings. The molecule has 1 aromatic carbocycles. The number of nitrogens with one attached hydrogen (secondary N) is 1. The maximum absolute atomic E-state index is 4.53. The highest BCUT2D eigenvalue weighted by Gasteiger charge is 2.02. The second-order valence-electron chi connectivity index (χ2n) is 4.11. The summed E-state index contributed by atoms with van der Waals surface area (Å²) in [7, 11) is 0. The van der Waals surface area contributed by atoms with Gasteiger partial charge in [-0.2, -0.15) is 0 Å². The zero-order chi connectivity index (χ0) is 12.4. The van der Waals surface area contributed by atoms with Crippen molar-refractivity contribution in [2.75, 3.05) is 5.32 Å². The molecule has 3 rings (SSSR count). The van der Waals surface area contributed by atoms with Crippen molar-refractivity contribution in [3.05, 3.63) is 53.9 Å². The van der Waals surface area contributed by atoms with Gasteiger partial charge in [0, 0.05) is 5.69 Å². The second kappa shape index (κ2) is 4.74. The smallest absolute Gasteiger partial charge is 0.184 e. The topological polar surface area (TPSA) is 37.8 Å². The molecule has 0 aliphatic carbocycles. The largest absolute Gasteiger partial charge is 0.356 e. The molecule has 18 heavy (non-hydrogen) atoms. The molecule has 0 aliphatic heterocycles. The lowest BCUT2D eigenvalue weighted by Gasteiger charge is -2.02. The fourth-order valence-corrected chi connectivity index (χ4v) is 2.67. The highest BCUT2D eigenvalue weighted by atomic mass is 32.1. The molecule has 0 unspecified atom stereocenters. The summed E-state index contributed by atoms with van der Waals surface area (Å²) in [6, 6.07) is 14.2. The number of pyridine rings is 1. The van der Waals surface area contributed by atoms with Gasteiger partial charge in [-0.1, -0.05) is 29.5 Å². The zero-order valence-electron chi connectivity index (χ0n) is 10.1. The van der Waals surface area contributed by atoms with Gasteiger partial charge >= 0.3 is 0 Å². The number of para-hydroxylation sites is 1. The third-order valence-electron chi connectivity index (χ3n) is 2.66. The van der Waals surface area contributed by atoms with Gasteiger partial charge in [-0.05, 0) is 31.2 Å². The van der Waals surface area contributed by atoms with Crippen LogP contribution in [0.15, 0.2) is 42.5 Å². The number of nitrogens with zero attached hydrogens (tertiary/aromatic N) is 2. The Morgan fingerprint density at radius 1 is 1.06 bits per heavy atom. The number of benzene rings is 1. The SMILES string of the molecule is Cc1cccc(CNc2nc3ccccc3s2)n1. The van der Waals surface area contributed by atoms with Crippen molar-refractivity contribution in [1.29, 1.82) is 0 Å². The van der Waals surface area contributed by atoms with E-state index < -0.39 is 0 Å². The minimum absolute atomic E-state index is 0.710. The molecule has 4 heteroatoms. The summed E-state index contributed by atoms with van der Waals surface area (Å²) in [4.78, 5) is 8.99. The summed E-state index contributed by atoms with van der Waals surface area (Å²) in [5.41, 5.74) is 3.12. The molecule has 0 saturated carbocycles. The molecule has 0 saturated heterocycles. The van der Waals surface area contributed by atoms with Crippen LogP contribution in [0.4, 0.5) is 5.13 Å². The molecular formula is C14H13N3S. The fourth-order valence-electron chi connectivity index (χ4n) is 1.81.